The number of ether oxygens (including phenoxy) is 1. The maximum Gasteiger partial charge on any atom is 0.126 e. The SMILES string of the molecule is CCOCC(Cl)=NCc1cccc(Cl)c1. The molecule has 0 N–H and O–H groups in total. The fourth-order valence-electron chi connectivity index (χ4n) is 1.04. The number of halogens is 2. The first-order chi connectivity index (χ1) is 7.22. The molecule has 0 saturated heterocycles. The standard InChI is InChI=1S/C11H13Cl2NO/c1-2-15-8-11(13)14-7-9-4-3-5-10(12)6-9/h3-6H,2,7-8H2,1H3. The van der Waals surface area contributed by atoms with Gasteiger partial charge in [-0.3, -0.25) is 4.99 Å². The Balaban J connectivity index is 2.48. The van der Waals surface area contributed by atoms with Gasteiger partial charge in [0.1, 0.15) is 5.17 Å². The van der Waals surface area contributed by atoms with Gasteiger partial charge >= 0.3 is 0 Å². The van der Waals surface area contributed by atoms with E-state index in [-0.39, 0.29) is 0 Å². The molecule has 1 rings (SSSR count). The molecule has 1 aromatic carbocycles. The van der Waals surface area contributed by atoms with Gasteiger partial charge in [0.05, 0.1) is 13.2 Å². The zero-order chi connectivity index (χ0) is 11.1. The summed E-state index contributed by atoms with van der Waals surface area (Å²) >= 11 is 11.7. The first kappa shape index (κ1) is 12.5. The third-order valence-electron chi connectivity index (χ3n) is 1.75. The summed E-state index contributed by atoms with van der Waals surface area (Å²) in [6, 6.07) is 7.55. The third-order valence-corrected chi connectivity index (χ3v) is 2.21. The van der Waals surface area contributed by atoms with Gasteiger partial charge in [-0.2, -0.15) is 0 Å². The van der Waals surface area contributed by atoms with Crippen molar-refractivity contribution in [3.8, 4) is 0 Å². The molecule has 0 unspecified atom stereocenters. The van der Waals surface area contributed by atoms with Crippen molar-refractivity contribution in [2.75, 3.05) is 13.2 Å². The van der Waals surface area contributed by atoms with Crippen molar-refractivity contribution in [1.82, 2.24) is 0 Å². The molecule has 4 heteroatoms. The predicted molar refractivity (Wildman–Crippen MR) is 64.9 cm³/mol. The largest absolute Gasteiger partial charge is 0.374 e. The van der Waals surface area contributed by atoms with Crippen molar-refractivity contribution >= 4 is 28.4 Å². The monoisotopic (exact) mass is 245 g/mol. The molecule has 0 aliphatic heterocycles. The Morgan fingerprint density at radius 3 is 2.93 bits per heavy atom. The maximum absolute atomic E-state index is 5.84. The van der Waals surface area contributed by atoms with Crippen molar-refractivity contribution in [3.05, 3.63) is 34.9 Å². The molecule has 15 heavy (non-hydrogen) atoms. The highest BCUT2D eigenvalue weighted by atomic mass is 35.5. The average Bonchev–Trinajstić information content (AvgIpc) is 2.23. The minimum absolute atomic E-state index is 0.374. The maximum atomic E-state index is 5.84. The lowest BCUT2D eigenvalue weighted by Gasteiger charge is -2.00. The van der Waals surface area contributed by atoms with Gasteiger partial charge < -0.3 is 4.74 Å². The Hall–Kier alpha value is -0.570. The van der Waals surface area contributed by atoms with Crippen molar-refractivity contribution < 1.29 is 4.74 Å². The zero-order valence-electron chi connectivity index (χ0n) is 8.54. The van der Waals surface area contributed by atoms with E-state index >= 15 is 0 Å². The summed E-state index contributed by atoms with van der Waals surface area (Å²) < 4.78 is 5.12. The smallest absolute Gasteiger partial charge is 0.126 e. The van der Waals surface area contributed by atoms with E-state index in [1.165, 1.54) is 0 Å². The van der Waals surface area contributed by atoms with E-state index in [0.717, 1.165) is 5.56 Å². The van der Waals surface area contributed by atoms with Gasteiger partial charge in [-0.1, -0.05) is 35.3 Å². The summed E-state index contributed by atoms with van der Waals surface area (Å²) in [7, 11) is 0. The van der Waals surface area contributed by atoms with Gasteiger partial charge in [-0.15, -0.1) is 0 Å². The third kappa shape index (κ3) is 5.17. The van der Waals surface area contributed by atoms with Crippen LogP contribution in [0.3, 0.4) is 0 Å². The Morgan fingerprint density at radius 2 is 2.27 bits per heavy atom. The number of nitrogens with zero attached hydrogens (tertiary/aromatic N) is 1. The Labute approximate surface area is 99.9 Å². The molecular formula is C11H13Cl2NO. The second-order valence-electron chi connectivity index (χ2n) is 2.96. The van der Waals surface area contributed by atoms with Crippen molar-refractivity contribution in [2.45, 2.75) is 13.5 Å². The van der Waals surface area contributed by atoms with Gasteiger partial charge in [-0.05, 0) is 24.6 Å². The number of hydrogen-bond acceptors (Lipinski definition) is 2. The molecule has 2 nitrogen and oxygen atoms in total. The lowest BCUT2D eigenvalue weighted by atomic mass is 10.2. The van der Waals surface area contributed by atoms with Gasteiger partial charge in [0.2, 0.25) is 0 Å². The second kappa shape index (κ2) is 6.83. The molecule has 0 fully saturated rings. The van der Waals surface area contributed by atoms with Crippen LogP contribution in [0.4, 0.5) is 0 Å². The fraction of sp³-hybridized carbons (Fsp3) is 0.364. The number of benzene rings is 1. The summed E-state index contributed by atoms with van der Waals surface area (Å²) in [5, 5.41) is 1.19. The minimum atomic E-state index is 0.374. The summed E-state index contributed by atoms with van der Waals surface area (Å²) in [6.45, 7) is 3.47. The van der Waals surface area contributed by atoms with Crippen molar-refractivity contribution in [3.63, 3.8) is 0 Å². The van der Waals surface area contributed by atoms with Crippen molar-refractivity contribution in [1.29, 1.82) is 0 Å². The van der Waals surface area contributed by atoms with E-state index in [2.05, 4.69) is 4.99 Å². The molecule has 82 valence electrons. The minimum Gasteiger partial charge on any atom is -0.374 e. The van der Waals surface area contributed by atoms with Crippen LogP contribution in [0.15, 0.2) is 29.3 Å². The van der Waals surface area contributed by atoms with Gasteiger partial charge in [0.25, 0.3) is 0 Å². The lowest BCUT2D eigenvalue weighted by molar-refractivity contribution is 0.188. The quantitative estimate of drug-likeness (QED) is 0.728. The molecule has 0 heterocycles. The molecule has 0 bridgehead atoms. The van der Waals surface area contributed by atoms with Gasteiger partial charge in [0.15, 0.2) is 0 Å². The molecule has 0 saturated carbocycles. The Morgan fingerprint density at radius 1 is 1.47 bits per heavy atom. The van der Waals surface area contributed by atoms with Gasteiger partial charge in [0, 0.05) is 11.6 Å². The zero-order valence-corrected chi connectivity index (χ0v) is 10.1. The van der Waals surface area contributed by atoms with Gasteiger partial charge in [-0.25, -0.2) is 0 Å². The second-order valence-corrected chi connectivity index (χ2v) is 3.83. The molecule has 0 atom stereocenters. The van der Waals surface area contributed by atoms with Crippen molar-refractivity contribution in [2.24, 2.45) is 4.99 Å². The summed E-state index contributed by atoms with van der Waals surface area (Å²) in [5.41, 5.74) is 1.04. The normalized spacial score (nSPS) is 11.8. The predicted octanol–water partition coefficient (Wildman–Crippen LogP) is 3.51. The average molecular weight is 246 g/mol. The van der Waals surface area contributed by atoms with E-state index in [4.69, 9.17) is 27.9 Å². The summed E-state index contributed by atoms with van der Waals surface area (Å²) in [4.78, 5) is 4.17. The molecule has 0 aliphatic carbocycles. The molecule has 0 aliphatic rings. The summed E-state index contributed by atoms with van der Waals surface area (Å²) in [6.07, 6.45) is 0. The topological polar surface area (TPSA) is 21.6 Å². The van der Waals surface area contributed by atoms with Crippen LogP contribution in [0.25, 0.3) is 0 Å². The number of hydrogen-bond donors (Lipinski definition) is 0. The highest BCUT2D eigenvalue weighted by Crippen LogP contribution is 2.11. The Kier molecular flexibility index (Phi) is 5.69. The molecule has 0 spiro atoms. The van der Waals surface area contributed by atoms with Crippen LogP contribution in [0, 0.1) is 0 Å². The summed E-state index contributed by atoms with van der Waals surface area (Å²) in [5.74, 6) is 0. The first-order valence-electron chi connectivity index (χ1n) is 4.73. The molecule has 0 amide bonds. The fourth-order valence-corrected chi connectivity index (χ4v) is 1.39. The van der Waals surface area contributed by atoms with Crippen LogP contribution >= 0.6 is 23.2 Å². The van der Waals surface area contributed by atoms with Crippen LogP contribution < -0.4 is 0 Å². The van der Waals surface area contributed by atoms with E-state index in [1.54, 1.807) is 0 Å². The highest BCUT2D eigenvalue weighted by molar-refractivity contribution is 6.65. The lowest BCUT2D eigenvalue weighted by Crippen LogP contribution is -2.02. The van der Waals surface area contributed by atoms with E-state index in [1.807, 2.05) is 31.2 Å². The molecule has 0 radical (unpaired) electrons. The van der Waals surface area contributed by atoms with Crippen LogP contribution in [-0.4, -0.2) is 18.4 Å². The van der Waals surface area contributed by atoms with Crippen LogP contribution in [0.2, 0.25) is 5.02 Å². The molecule has 0 aromatic heterocycles. The molecular weight excluding hydrogens is 233 g/mol. The molecule has 1 aromatic rings. The highest BCUT2D eigenvalue weighted by Gasteiger charge is 1.95. The Bertz CT molecular complexity index is 339. The van der Waals surface area contributed by atoms with E-state index in [9.17, 15) is 0 Å². The number of aliphatic imine (C=N–C) groups is 1. The van der Waals surface area contributed by atoms with E-state index < -0.39 is 0 Å². The first-order valence-corrected chi connectivity index (χ1v) is 5.49. The number of rotatable bonds is 5. The van der Waals surface area contributed by atoms with Crippen LogP contribution in [0.5, 0.6) is 0 Å². The van der Waals surface area contributed by atoms with E-state index in [0.29, 0.717) is 30.0 Å². The van der Waals surface area contributed by atoms with Crippen LogP contribution in [-0.2, 0) is 11.3 Å². The van der Waals surface area contributed by atoms with Crippen LogP contribution in [0.1, 0.15) is 12.5 Å².